The number of aromatic nitrogens is 2. The van der Waals surface area contributed by atoms with Crippen molar-refractivity contribution in [1.29, 1.82) is 0 Å². The molecule has 0 aliphatic carbocycles. The molecular formula is C17H15F2N3O2. The highest BCUT2D eigenvalue weighted by atomic mass is 19.2. The number of fused-ring (bicyclic) bond motifs is 1. The summed E-state index contributed by atoms with van der Waals surface area (Å²) in [6.07, 6.45) is 1.90. The lowest BCUT2D eigenvalue weighted by Gasteiger charge is -2.17. The van der Waals surface area contributed by atoms with Gasteiger partial charge in [0.1, 0.15) is 11.6 Å². The number of aromatic hydroxyl groups is 1. The van der Waals surface area contributed by atoms with E-state index in [-0.39, 0.29) is 29.4 Å². The molecule has 0 unspecified atom stereocenters. The maximum absolute atomic E-state index is 13.3. The summed E-state index contributed by atoms with van der Waals surface area (Å²) >= 11 is 0. The second kappa shape index (κ2) is 6.76. The van der Waals surface area contributed by atoms with E-state index in [0.29, 0.717) is 12.2 Å². The molecule has 24 heavy (non-hydrogen) atoms. The lowest BCUT2D eigenvalue weighted by atomic mass is 10.1. The zero-order valence-electron chi connectivity index (χ0n) is 12.6. The number of phenolic OH excluding ortho intramolecular Hbond substituents is 1. The van der Waals surface area contributed by atoms with Crippen molar-refractivity contribution in [1.82, 2.24) is 9.97 Å². The van der Waals surface area contributed by atoms with Gasteiger partial charge in [-0.3, -0.25) is 4.98 Å². The largest absolute Gasteiger partial charge is 0.508 e. The molecule has 2 aromatic carbocycles. The van der Waals surface area contributed by atoms with Gasteiger partial charge in [0, 0.05) is 12.1 Å². The highest BCUT2D eigenvalue weighted by molar-refractivity contribution is 5.75. The minimum absolute atomic E-state index is 0.154. The number of anilines is 1. The summed E-state index contributed by atoms with van der Waals surface area (Å²) in [6.45, 7) is -0.154. The molecule has 3 aromatic rings. The van der Waals surface area contributed by atoms with Gasteiger partial charge in [0.25, 0.3) is 0 Å². The number of phenols is 1. The molecule has 0 saturated heterocycles. The number of halogens is 2. The van der Waals surface area contributed by atoms with Gasteiger partial charge in [0.15, 0.2) is 11.6 Å². The summed E-state index contributed by atoms with van der Waals surface area (Å²) in [5, 5.41) is 21.8. The minimum Gasteiger partial charge on any atom is -0.508 e. The van der Waals surface area contributed by atoms with Crippen LogP contribution in [-0.2, 0) is 6.42 Å². The molecule has 0 saturated carbocycles. The minimum atomic E-state index is -0.989. The van der Waals surface area contributed by atoms with Gasteiger partial charge in [0.2, 0.25) is 0 Å². The Kier molecular flexibility index (Phi) is 4.52. The standard InChI is InChI=1S/C17H15F2N3O2/c18-13-6-15-16(7-14(13)19)22-17(8-20-15)21-11(9-23)5-10-1-3-12(24)4-2-10/h1-4,6-8,11,23-24H,5,9H2,(H,21,22)/t11-/m0/s1. The third-order valence-corrected chi connectivity index (χ3v) is 3.58. The van der Waals surface area contributed by atoms with Crippen LogP contribution >= 0.6 is 0 Å². The number of nitrogens with one attached hydrogen (secondary N) is 1. The smallest absolute Gasteiger partial charge is 0.161 e. The Morgan fingerprint density at radius 2 is 1.71 bits per heavy atom. The summed E-state index contributed by atoms with van der Waals surface area (Å²) in [5.41, 5.74) is 1.39. The Labute approximate surface area is 136 Å². The molecular weight excluding hydrogens is 316 g/mol. The molecule has 7 heteroatoms. The van der Waals surface area contributed by atoms with Crippen molar-refractivity contribution >= 4 is 16.9 Å². The topological polar surface area (TPSA) is 78.3 Å². The number of aliphatic hydroxyl groups excluding tert-OH is 1. The zero-order valence-corrected chi connectivity index (χ0v) is 12.6. The average molecular weight is 331 g/mol. The molecule has 3 rings (SSSR count). The van der Waals surface area contributed by atoms with E-state index in [9.17, 15) is 19.0 Å². The number of hydrogen-bond acceptors (Lipinski definition) is 5. The van der Waals surface area contributed by atoms with Crippen LogP contribution in [0.1, 0.15) is 5.56 Å². The van der Waals surface area contributed by atoms with E-state index in [4.69, 9.17) is 0 Å². The van der Waals surface area contributed by atoms with Crippen molar-refractivity contribution in [2.75, 3.05) is 11.9 Å². The van der Waals surface area contributed by atoms with Crippen LogP contribution in [0.2, 0.25) is 0 Å². The van der Waals surface area contributed by atoms with Gasteiger partial charge < -0.3 is 15.5 Å². The highest BCUT2D eigenvalue weighted by Crippen LogP contribution is 2.18. The Bertz CT molecular complexity index is 856. The fraction of sp³-hybridized carbons (Fsp3) is 0.176. The van der Waals surface area contributed by atoms with Gasteiger partial charge in [-0.2, -0.15) is 0 Å². The molecule has 124 valence electrons. The monoisotopic (exact) mass is 331 g/mol. The van der Waals surface area contributed by atoms with Crippen molar-refractivity contribution in [3.05, 3.63) is 59.8 Å². The summed E-state index contributed by atoms with van der Waals surface area (Å²) in [4.78, 5) is 8.23. The Balaban J connectivity index is 1.78. The third-order valence-electron chi connectivity index (χ3n) is 3.58. The van der Waals surface area contributed by atoms with Crippen LogP contribution in [0.15, 0.2) is 42.6 Å². The first-order valence-corrected chi connectivity index (χ1v) is 7.32. The van der Waals surface area contributed by atoms with Gasteiger partial charge >= 0.3 is 0 Å². The molecule has 0 aliphatic rings. The molecule has 0 aliphatic heterocycles. The van der Waals surface area contributed by atoms with Crippen LogP contribution in [0.3, 0.4) is 0 Å². The summed E-state index contributed by atoms with van der Waals surface area (Å²) in [7, 11) is 0. The number of nitrogens with zero attached hydrogens (tertiary/aromatic N) is 2. The molecule has 3 N–H and O–H groups in total. The summed E-state index contributed by atoms with van der Waals surface area (Å²) < 4.78 is 26.5. The van der Waals surface area contributed by atoms with Crippen LogP contribution in [0.25, 0.3) is 11.0 Å². The van der Waals surface area contributed by atoms with E-state index in [1.165, 1.54) is 6.20 Å². The van der Waals surface area contributed by atoms with Gasteiger partial charge in [-0.15, -0.1) is 0 Å². The van der Waals surface area contributed by atoms with Crippen LogP contribution in [0, 0.1) is 11.6 Å². The van der Waals surface area contributed by atoms with Crippen molar-refractivity contribution in [3.63, 3.8) is 0 Å². The van der Waals surface area contributed by atoms with Crippen molar-refractivity contribution in [2.24, 2.45) is 0 Å². The quantitative estimate of drug-likeness (QED) is 0.670. The maximum atomic E-state index is 13.3. The van der Waals surface area contributed by atoms with Crippen LogP contribution in [-0.4, -0.2) is 32.8 Å². The van der Waals surface area contributed by atoms with Crippen LogP contribution < -0.4 is 5.32 Å². The van der Waals surface area contributed by atoms with Gasteiger partial charge in [0.05, 0.1) is 29.9 Å². The van der Waals surface area contributed by atoms with Gasteiger partial charge in [-0.1, -0.05) is 12.1 Å². The predicted molar refractivity (Wildman–Crippen MR) is 85.8 cm³/mol. The second-order valence-electron chi connectivity index (χ2n) is 5.40. The van der Waals surface area contributed by atoms with Crippen molar-refractivity contribution in [2.45, 2.75) is 12.5 Å². The maximum Gasteiger partial charge on any atom is 0.161 e. The molecule has 1 atom stereocenters. The number of hydrogen-bond donors (Lipinski definition) is 3. The lowest BCUT2D eigenvalue weighted by Crippen LogP contribution is -2.27. The van der Waals surface area contributed by atoms with Crippen LogP contribution in [0.4, 0.5) is 14.6 Å². The zero-order chi connectivity index (χ0) is 17.1. The van der Waals surface area contributed by atoms with Crippen molar-refractivity contribution in [3.8, 4) is 5.75 Å². The average Bonchev–Trinajstić information content (AvgIpc) is 2.57. The molecule has 0 amide bonds. The SMILES string of the molecule is OC[C@H](Cc1ccc(O)cc1)Nc1cnc2cc(F)c(F)cc2n1. The van der Waals surface area contributed by atoms with Gasteiger partial charge in [-0.05, 0) is 24.1 Å². The van der Waals surface area contributed by atoms with E-state index in [0.717, 1.165) is 17.7 Å². The summed E-state index contributed by atoms with van der Waals surface area (Å²) in [5.74, 6) is -1.44. The number of rotatable bonds is 5. The Morgan fingerprint density at radius 3 is 2.38 bits per heavy atom. The van der Waals surface area contributed by atoms with E-state index >= 15 is 0 Å². The molecule has 0 spiro atoms. The van der Waals surface area contributed by atoms with E-state index in [2.05, 4.69) is 15.3 Å². The molecule has 0 fully saturated rings. The first kappa shape index (κ1) is 16.1. The molecule has 0 radical (unpaired) electrons. The third kappa shape index (κ3) is 3.57. The highest BCUT2D eigenvalue weighted by Gasteiger charge is 2.12. The molecule has 5 nitrogen and oxygen atoms in total. The normalized spacial score (nSPS) is 12.3. The number of aliphatic hydroxyl groups is 1. The van der Waals surface area contributed by atoms with Gasteiger partial charge in [-0.25, -0.2) is 13.8 Å². The fourth-order valence-electron chi connectivity index (χ4n) is 2.36. The molecule has 0 bridgehead atoms. The molecule has 1 heterocycles. The second-order valence-corrected chi connectivity index (χ2v) is 5.40. The summed E-state index contributed by atoms with van der Waals surface area (Å²) in [6, 6.07) is 8.27. The number of benzene rings is 2. The molecule has 1 aromatic heterocycles. The first-order valence-electron chi connectivity index (χ1n) is 7.32. The lowest BCUT2D eigenvalue weighted by molar-refractivity contribution is 0.273. The van der Waals surface area contributed by atoms with Crippen LogP contribution in [0.5, 0.6) is 5.75 Å². The van der Waals surface area contributed by atoms with Crippen molar-refractivity contribution < 1.29 is 19.0 Å². The Hall–Kier alpha value is -2.80. The Morgan fingerprint density at radius 1 is 1.04 bits per heavy atom. The first-order chi connectivity index (χ1) is 11.5. The fourth-order valence-corrected chi connectivity index (χ4v) is 2.36. The van der Waals surface area contributed by atoms with E-state index in [1.807, 2.05) is 0 Å². The van der Waals surface area contributed by atoms with E-state index < -0.39 is 11.6 Å². The predicted octanol–water partition coefficient (Wildman–Crippen LogP) is 2.63. The van der Waals surface area contributed by atoms with E-state index in [1.54, 1.807) is 24.3 Å².